The predicted octanol–water partition coefficient (Wildman–Crippen LogP) is 2.59. The van der Waals surface area contributed by atoms with Crippen LogP contribution in [-0.2, 0) is 14.3 Å². The van der Waals surface area contributed by atoms with Gasteiger partial charge in [0.05, 0.1) is 24.7 Å². The van der Waals surface area contributed by atoms with Gasteiger partial charge in [0.15, 0.2) is 0 Å². The molecule has 0 bridgehead atoms. The summed E-state index contributed by atoms with van der Waals surface area (Å²) in [5.41, 5.74) is 0. The van der Waals surface area contributed by atoms with Crippen LogP contribution in [0, 0.1) is 0 Å². The summed E-state index contributed by atoms with van der Waals surface area (Å²) in [5, 5.41) is 2.22. The summed E-state index contributed by atoms with van der Waals surface area (Å²) in [6.07, 6.45) is 2.13. The van der Waals surface area contributed by atoms with Crippen molar-refractivity contribution in [3.63, 3.8) is 0 Å². The summed E-state index contributed by atoms with van der Waals surface area (Å²) in [6.45, 7) is 1.51. The van der Waals surface area contributed by atoms with Crippen molar-refractivity contribution >= 4 is 34.8 Å². The van der Waals surface area contributed by atoms with Crippen molar-refractivity contribution in [1.82, 2.24) is 4.90 Å². The molecule has 1 fully saturated rings. The van der Waals surface area contributed by atoms with Gasteiger partial charge < -0.3 is 14.4 Å². The number of carbonyl (C=O) groups excluding carboxylic acids is 2. The van der Waals surface area contributed by atoms with Crippen molar-refractivity contribution in [3.05, 3.63) is 21.3 Å². The zero-order valence-electron chi connectivity index (χ0n) is 11.8. The highest BCUT2D eigenvalue weighted by atomic mass is 35.5. The number of carbonyl (C=O) groups is 2. The van der Waals surface area contributed by atoms with E-state index in [1.165, 1.54) is 18.4 Å². The van der Waals surface area contributed by atoms with Crippen LogP contribution >= 0.6 is 22.9 Å². The zero-order valence-corrected chi connectivity index (χ0v) is 13.4. The number of amides is 1. The number of hydrogen-bond donors (Lipinski definition) is 0. The Balaban J connectivity index is 2.04. The minimum Gasteiger partial charge on any atom is -0.469 e. The molecule has 0 radical (unpaired) electrons. The molecule has 1 unspecified atom stereocenters. The lowest BCUT2D eigenvalue weighted by molar-refractivity contribution is -0.140. The van der Waals surface area contributed by atoms with Gasteiger partial charge in [0.2, 0.25) is 0 Å². The van der Waals surface area contributed by atoms with Crippen LogP contribution in [0.1, 0.15) is 28.9 Å². The van der Waals surface area contributed by atoms with E-state index in [1.54, 1.807) is 16.3 Å². The molecule has 1 aliphatic heterocycles. The highest BCUT2D eigenvalue weighted by Crippen LogP contribution is 2.24. The number of thiophene rings is 1. The zero-order chi connectivity index (χ0) is 15.2. The van der Waals surface area contributed by atoms with Crippen LogP contribution in [0.15, 0.2) is 11.4 Å². The summed E-state index contributed by atoms with van der Waals surface area (Å²) >= 11 is 7.33. The van der Waals surface area contributed by atoms with Crippen molar-refractivity contribution in [2.24, 2.45) is 0 Å². The highest BCUT2D eigenvalue weighted by Gasteiger charge is 2.25. The number of halogens is 1. The first-order chi connectivity index (χ1) is 10.1. The first kappa shape index (κ1) is 16.3. The molecule has 0 aliphatic carbocycles. The number of nitrogens with zero attached hydrogens (tertiary/aromatic N) is 1. The fourth-order valence-electron chi connectivity index (χ4n) is 2.23. The summed E-state index contributed by atoms with van der Waals surface area (Å²) in [5.74, 6) is -0.494. The van der Waals surface area contributed by atoms with Crippen LogP contribution in [0.3, 0.4) is 0 Å². The quantitative estimate of drug-likeness (QED) is 0.752. The lowest BCUT2D eigenvalue weighted by Crippen LogP contribution is -2.38. The Morgan fingerprint density at radius 2 is 2.38 bits per heavy atom. The molecule has 0 aromatic carbocycles. The molecule has 1 atom stereocenters. The van der Waals surface area contributed by atoms with Crippen LogP contribution in [-0.4, -0.2) is 49.7 Å². The second-order valence-electron chi connectivity index (χ2n) is 4.81. The topological polar surface area (TPSA) is 55.8 Å². The molecular formula is C14H18ClNO4S. The van der Waals surface area contributed by atoms with E-state index in [0.717, 1.165) is 19.4 Å². The smallest absolute Gasteiger partial charge is 0.307 e. The number of methoxy groups -OCH3 is 1. The van der Waals surface area contributed by atoms with Crippen molar-refractivity contribution in [2.45, 2.75) is 25.4 Å². The number of esters is 1. The van der Waals surface area contributed by atoms with Gasteiger partial charge in [-0.05, 0) is 24.3 Å². The second kappa shape index (κ2) is 7.77. The lowest BCUT2D eigenvalue weighted by atomic mass is 10.2. The first-order valence-electron chi connectivity index (χ1n) is 6.82. The molecule has 7 heteroatoms. The van der Waals surface area contributed by atoms with Crippen molar-refractivity contribution in [1.29, 1.82) is 0 Å². The maximum Gasteiger partial charge on any atom is 0.307 e. The summed E-state index contributed by atoms with van der Waals surface area (Å²) in [6, 6.07) is 1.70. The van der Waals surface area contributed by atoms with Gasteiger partial charge >= 0.3 is 5.97 Å². The Morgan fingerprint density at radius 1 is 1.57 bits per heavy atom. The van der Waals surface area contributed by atoms with Crippen molar-refractivity contribution in [3.8, 4) is 0 Å². The van der Waals surface area contributed by atoms with Crippen LogP contribution < -0.4 is 0 Å². The van der Waals surface area contributed by atoms with Gasteiger partial charge in [0.1, 0.15) is 4.88 Å². The van der Waals surface area contributed by atoms with Gasteiger partial charge in [-0.2, -0.15) is 0 Å². The Kier molecular flexibility index (Phi) is 6.02. The monoisotopic (exact) mass is 331 g/mol. The van der Waals surface area contributed by atoms with E-state index in [-0.39, 0.29) is 24.4 Å². The minimum atomic E-state index is -0.336. The molecule has 1 aromatic rings. The van der Waals surface area contributed by atoms with Crippen molar-refractivity contribution < 1.29 is 19.1 Å². The normalized spacial score (nSPS) is 17.7. The van der Waals surface area contributed by atoms with E-state index >= 15 is 0 Å². The molecule has 21 heavy (non-hydrogen) atoms. The highest BCUT2D eigenvalue weighted by molar-refractivity contribution is 7.12. The van der Waals surface area contributed by atoms with E-state index in [2.05, 4.69) is 4.74 Å². The minimum absolute atomic E-state index is 0.0327. The third kappa shape index (κ3) is 4.43. The predicted molar refractivity (Wildman–Crippen MR) is 80.8 cm³/mol. The van der Waals surface area contributed by atoms with E-state index in [9.17, 15) is 9.59 Å². The first-order valence-corrected chi connectivity index (χ1v) is 8.08. The molecule has 0 spiro atoms. The van der Waals surface area contributed by atoms with Gasteiger partial charge in [-0.3, -0.25) is 9.59 Å². The molecule has 5 nitrogen and oxygen atoms in total. The molecule has 116 valence electrons. The SMILES string of the molecule is COC(=O)CCN(CC1CCCO1)C(=O)c1sccc1Cl. The molecule has 1 amide bonds. The van der Waals surface area contributed by atoms with E-state index in [1.807, 2.05) is 0 Å². The summed E-state index contributed by atoms with van der Waals surface area (Å²) in [7, 11) is 1.34. The van der Waals surface area contributed by atoms with Gasteiger partial charge in [-0.1, -0.05) is 11.6 Å². The fourth-order valence-corrected chi connectivity index (χ4v) is 3.33. The van der Waals surface area contributed by atoms with Crippen LogP contribution in [0.2, 0.25) is 5.02 Å². The number of hydrogen-bond acceptors (Lipinski definition) is 5. The average molecular weight is 332 g/mol. The van der Waals surface area contributed by atoms with Gasteiger partial charge in [0.25, 0.3) is 5.91 Å². The molecule has 0 saturated carbocycles. The molecule has 1 saturated heterocycles. The maximum absolute atomic E-state index is 12.6. The van der Waals surface area contributed by atoms with Gasteiger partial charge in [0, 0.05) is 19.7 Å². The van der Waals surface area contributed by atoms with Crippen LogP contribution in [0.25, 0.3) is 0 Å². The van der Waals surface area contributed by atoms with E-state index in [4.69, 9.17) is 16.3 Å². The lowest BCUT2D eigenvalue weighted by Gasteiger charge is -2.24. The fraction of sp³-hybridized carbons (Fsp3) is 0.571. The molecule has 0 N–H and O–H groups in total. The Hall–Kier alpha value is -1.11. The number of rotatable bonds is 6. The molecule has 2 rings (SSSR count). The second-order valence-corrected chi connectivity index (χ2v) is 6.13. The largest absolute Gasteiger partial charge is 0.469 e. The Bertz CT molecular complexity index is 499. The van der Waals surface area contributed by atoms with Crippen LogP contribution in [0.4, 0.5) is 0 Å². The Morgan fingerprint density at radius 3 is 2.95 bits per heavy atom. The molecule has 1 aromatic heterocycles. The maximum atomic E-state index is 12.6. The van der Waals surface area contributed by atoms with Crippen LogP contribution in [0.5, 0.6) is 0 Å². The van der Waals surface area contributed by atoms with E-state index < -0.39 is 0 Å². The van der Waals surface area contributed by atoms with Gasteiger partial charge in [-0.15, -0.1) is 11.3 Å². The van der Waals surface area contributed by atoms with Crippen molar-refractivity contribution in [2.75, 3.05) is 26.8 Å². The third-order valence-electron chi connectivity index (χ3n) is 3.36. The molecule has 2 heterocycles. The summed E-state index contributed by atoms with van der Waals surface area (Å²) < 4.78 is 10.2. The number of ether oxygens (including phenoxy) is 2. The van der Waals surface area contributed by atoms with Gasteiger partial charge in [-0.25, -0.2) is 0 Å². The molecule has 1 aliphatic rings. The van der Waals surface area contributed by atoms with E-state index in [0.29, 0.717) is 23.0 Å². The summed E-state index contributed by atoms with van der Waals surface area (Å²) in [4.78, 5) is 26.0. The molecular weight excluding hydrogens is 314 g/mol. The Labute approximate surface area is 132 Å². The standard InChI is InChI=1S/C14H18ClNO4S/c1-19-12(17)4-6-16(9-10-3-2-7-20-10)14(18)13-11(15)5-8-21-13/h5,8,10H,2-4,6-7,9H2,1H3. The average Bonchev–Trinajstić information content (AvgIpc) is 3.13. The third-order valence-corrected chi connectivity index (χ3v) is 4.69.